The third kappa shape index (κ3) is 4.55. The fourth-order valence-electron chi connectivity index (χ4n) is 4.75. The molecule has 0 bridgehead atoms. The van der Waals surface area contributed by atoms with Crippen LogP contribution in [0.15, 0.2) is 140 Å². The average molecular weight is 480 g/mol. The summed E-state index contributed by atoms with van der Waals surface area (Å²) in [5.74, 6) is 0. The van der Waals surface area contributed by atoms with Gasteiger partial charge in [0.2, 0.25) is 0 Å². The molecule has 5 rings (SSSR count). The van der Waals surface area contributed by atoms with E-state index in [-0.39, 0.29) is 0 Å². The van der Waals surface area contributed by atoms with E-state index in [2.05, 4.69) is 89.8 Å². The number of nitrogens with one attached hydrogen (secondary N) is 2. The Balaban J connectivity index is 1.69. The highest BCUT2D eigenvalue weighted by Gasteiger charge is 2.17. The first kappa shape index (κ1) is 23.8. The highest BCUT2D eigenvalue weighted by molar-refractivity contribution is 6.31. The second-order valence-corrected chi connectivity index (χ2v) is 8.80. The van der Waals surface area contributed by atoms with Gasteiger partial charge >= 0.3 is 0 Å². The summed E-state index contributed by atoms with van der Waals surface area (Å²) in [5, 5.41) is 14.9. The van der Waals surface area contributed by atoms with Crippen LogP contribution in [0.4, 0.5) is 11.4 Å². The zero-order valence-electron chi connectivity index (χ0n) is 20.9. The van der Waals surface area contributed by atoms with Gasteiger partial charge in [-0.15, -0.1) is 0 Å². The molecule has 0 radical (unpaired) electrons. The number of aromatic nitrogens is 1. The first-order chi connectivity index (χ1) is 18.1. The van der Waals surface area contributed by atoms with Crippen LogP contribution < -0.4 is 5.32 Å². The van der Waals surface area contributed by atoms with E-state index in [1.807, 2.05) is 55.5 Å². The second-order valence-electron chi connectivity index (χ2n) is 8.80. The molecule has 0 aliphatic heterocycles. The molecule has 1 heterocycles. The Morgan fingerprint density at radius 3 is 2.08 bits per heavy atom. The minimum atomic E-state index is 0.360. The molecule has 1 aromatic heterocycles. The lowest BCUT2D eigenvalue weighted by molar-refractivity contribution is 1.18. The van der Waals surface area contributed by atoms with Gasteiger partial charge in [0, 0.05) is 39.0 Å². The van der Waals surface area contributed by atoms with Crippen molar-refractivity contribution in [3.63, 3.8) is 0 Å². The lowest BCUT2D eigenvalue weighted by Gasteiger charge is -2.18. The molecule has 4 aromatic carbocycles. The smallest absolute Gasteiger partial charge is 0.0685 e. The van der Waals surface area contributed by atoms with Gasteiger partial charge < -0.3 is 9.88 Å². The molecule has 2 N–H and O–H groups in total. The number of para-hydroxylation sites is 3. The number of rotatable bonds is 8. The first-order valence-corrected chi connectivity index (χ1v) is 12.3. The van der Waals surface area contributed by atoms with Crippen LogP contribution in [-0.4, -0.2) is 10.3 Å². The van der Waals surface area contributed by atoms with Crippen LogP contribution in [-0.2, 0) is 0 Å². The number of anilines is 2. The summed E-state index contributed by atoms with van der Waals surface area (Å²) >= 11 is 0. The van der Waals surface area contributed by atoms with Crippen LogP contribution in [0.25, 0.3) is 33.1 Å². The second kappa shape index (κ2) is 10.4. The van der Waals surface area contributed by atoms with Gasteiger partial charge in [-0.1, -0.05) is 98.1 Å². The molecule has 180 valence electrons. The van der Waals surface area contributed by atoms with Crippen molar-refractivity contribution in [2.75, 3.05) is 5.32 Å². The van der Waals surface area contributed by atoms with E-state index in [1.54, 1.807) is 6.08 Å². The lowest BCUT2D eigenvalue weighted by atomic mass is 9.95. The fourth-order valence-corrected chi connectivity index (χ4v) is 4.75. The van der Waals surface area contributed by atoms with Crippen molar-refractivity contribution in [2.24, 2.45) is 0 Å². The Kier molecular flexibility index (Phi) is 6.69. The van der Waals surface area contributed by atoms with Crippen LogP contribution in [0, 0.1) is 5.41 Å². The molecule has 3 nitrogen and oxygen atoms in total. The van der Waals surface area contributed by atoms with Gasteiger partial charge in [0.1, 0.15) is 0 Å². The summed E-state index contributed by atoms with van der Waals surface area (Å²) in [6, 6.07) is 33.4. The molecule has 0 fully saturated rings. The highest BCUT2D eigenvalue weighted by atomic mass is 15.0. The summed E-state index contributed by atoms with van der Waals surface area (Å²) < 4.78 is 2.29. The standard InChI is InChI=1S/C34H29N3/c1-4-13-25(14-5-2)34(35)24(3)28-22-21-27(23-31(28)36-26-15-7-6-8-16-26)37-32-19-11-9-17-29(32)30-18-10-12-20-33(30)37/h4-23,35-36H,1,3H2,2H3/b14-5-,25-13-,35-34?. The van der Waals surface area contributed by atoms with Gasteiger partial charge in [-0.05, 0) is 48.9 Å². The predicted octanol–water partition coefficient (Wildman–Crippen LogP) is 9.25. The van der Waals surface area contributed by atoms with E-state index in [0.717, 1.165) is 39.2 Å². The highest BCUT2D eigenvalue weighted by Crippen LogP contribution is 2.35. The maximum Gasteiger partial charge on any atom is 0.0685 e. The monoisotopic (exact) mass is 479 g/mol. The summed E-state index contributed by atoms with van der Waals surface area (Å²) in [5.41, 5.74) is 7.83. The third-order valence-corrected chi connectivity index (χ3v) is 6.45. The minimum Gasteiger partial charge on any atom is -0.355 e. The number of hydrogen-bond donors (Lipinski definition) is 2. The molecule has 0 unspecified atom stereocenters. The van der Waals surface area contributed by atoms with Gasteiger partial charge in [0.25, 0.3) is 0 Å². The van der Waals surface area contributed by atoms with Crippen molar-refractivity contribution in [2.45, 2.75) is 6.92 Å². The number of hydrogen-bond acceptors (Lipinski definition) is 2. The summed E-state index contributed by atoms with van der Waals surface area (Å²) in [4.78, 5) is 0. The first-order valence-electron chi connectivity index (χ1n) is 12.3. The zero-order chi connectivity index (χ0) is 25.8. The zero-order valence-corrected chi connectivity index (χ0v) is 20.9. The van der Waals surface area contributed by atoms with Crippen LogP contribution in [0.1, 0.15) is 12.5 Å². The Morgan fingerprint density at radius 2 is 1.46 bits per heavy atom. The minimum absolute atomic E-state index is 0.360. The Hall–Kier alpha value is -4.89. The van der Waals surface area contributed by atoms with Crippen LogP contribution in [0.5, 0.6) is 0 Å². The predicted molar refractivity (Wildman–Crippen MR) is 160 cm³/mol. The van der Waals surface area contributed by atoms with Crippen LogP contribution in [0.2, 0.25) is 0 Å². The number of benzene rings is 4. The molecule has 37 heavy (non-hydrogen) atoms. The van der Waals surface area contributed by atoms with Gasteiger partial charge in [-0.25, -0.2) is 0 Å². The Bertz CT molecular complexity index is 1640. The van der Waals surface area contributed by atoms with E-state index < -0.39 is 0 Å². The topological polar surface area (TPSA) is 40.8 Å². The molecular weight excluding hydrogens is 450 g/mol. The average Bonchev–Trinajstić information content (AvgIpc) is 3.27. The summed E-state index contributed by atoms with van der Waals surface area (Å²) in [6.45, 7) is 10.1. The molecule has 0 aliphatic rings. The Labute approximate surface area is 217 Å². The Morgan fingerprint density at radius 1 is 0.838 bits per heavy atom. The van der Waals surface area contributed by atoms with Crippen molar-refractivity contribution in [1.29, 1.82) is 5.41 Å². The van der Waals surface area contributed by atoms with Crippen molar-refractivity contribution >= 4 is 44.5 Å². The van der Waals surface area contributed by atoms with Gasteiger partial charge in [-0.3, -0.25) is 5.41 Å². The molecule has 0 saturated carbocycles. The van der Waals surface area contributed by atoms with E-state index >= 15 is 0 Å². The molecule has 5 aromatic rings. The normalized spacial score (nSPS) is 11.8. The number of allylic oxidation sites excluding steroid dienone is 6. The third-order valence-electron chi connectivity index (χ3n) is 6.45. The molecule has 0 spiro atoms. The van der Waals surface area contributed by atoms with Crippen LogP contribution >= 0.6 is 0 Å². The summed E-state index contributed by atoms with van der Waals surface area (Å²) in [6.07, 6.45) is 7.37. The molecule has 0 aliphatic carbocycles. The molecule has 0 saturated heterocycles. The van der Waals surface area contributed by atoms with Crippen LogP contribution in [0.3, 0.4) is 0 Å². The maximum absolute atomic E-state index is 8.88. The molecule has 0 amide bonds. The van der Waals surface area contributed by atoms with Crippen molar-refractivity contribution in [3.05, 3.63) is 146 Å². The number of nitrogens with zero attached hydrogens (tertiary/aromatic N) is 1. The van der Waals surface area contributed by atoms with E-state index in [1.165, 1.54) is 10.8 Å². The van der Waals surface area contributed by atoms with E-state index in [4.69, 9.17) is 5.41 Å². The lowest BCUT2D eigenvalue weighted by Crippen LogP contribution is -2.06. The largest absolute Gasteiger partial charge is 0.355 e. The molecule has 3 heteroatoms. The maximum atomic E-state index is 8.88. The fraction of sp³-hybridized carbons (Fsp3) is 0.0294. The van der Waals surface area contributed by atoms with Crippen molar-refractivity contribution in [1.82, 2.24) is 4.57 Å². The molecule has 0 atom stereocenters. The summed E-state index contributed by atoms with van der Waals surface area (Å²) in [7, 11) is 0. The van der Waals surface area contributed by atoms with Crippen molar-refractivity contribution in [3.8, 4) is 5.69 Å². The molecular formula is C34H29N3. The SMILES string of the molecule is C=C/C=C(/C=C\C)C(=N)C(=C)c1ccc(-n2c3ccccc3c3ccccc32)cc1Nc1ccccc1. The number of fused-ring (bicyclic) bond motifs is 3. The van der Waals surface area contributed by atoms with Gasteiger partial charge in [0.15, 0.2) is 0 Å². The van der Waals surface area contributed by atoms with Crippen molar-refractivity contribution < 1.29 is 0 Å². The van der Waals surface area contributed by atoms with E-state index in [9.17, 15) is 0 Å². The quantitative estimate of drug-likeness (QED) is 0.169. The van der Waals surface area contributed by atoms with E-state index in [0.29, 0.717) is 11.3 Å². The van der Waals surface area contributed by atoms with Gasteiger partial charge in [-0.2, -0.15) is 0 Å². The van der Waals surface area contributed by atoms with Gasteiger partial charge in [0.05, 0.1) is 16.7 Å².